The first-order valence-electron chi connectivity index (χ1n) is 6.88. The summed E-state index contributed by atoms with van der Waals surface area (Å²) >= 11 is 3.39. The van der Waals surface area contributed by atoms with Crippen LogP contribution in [0, 0.1) is 6.92 Å². The third-order valence-corrected chi connectivity index (χ3v) is 5.55. The van der Waals surface area contributed by atoms with Gasteiger partial charge in [-0.1, -0.05) is 6.07 Å². The van der Waals surface area contributed by atoms with Gasteiger partial charge in [0.15, 0.2) is 5.52 Å². The van der Waals surface area contributed by atoms with Crippen LogP contribution in [-0.4, -0.2) is 35.1 Å². The summed E-state index contributed by atoms with van der Waals surface area (Å²) in [5.74, 6) is 0. The van der Waals surface area contributed by atoms with Crippen LogP contribution < -0.4 is 4.72 Å². The van der Waals surface area contributed by atoms with E-state index in [1.54, 1.807) is 16.8 Å². The summed E-state index contributed by atoms with van der Waals surface area (Å²) in [6, 6.07) is 4.72. The molecule has 1 aromatic carbocycles. The number of aromatic nitrogens is 4. The molecular formula is C13H14BrN5O3S. The van der Waals surface area contributed by atoms with Gasteiger partial charge in [0.1, 0.15) is 10.4 Å². The van der Waals surface area contributed by atoms with Gasteiger partial charge >= 0.3 is 0 Å². The molecule has 0 atom stereocenters. The van der Waals surface area contributed by atoms with Crippen molar-refractivity contribution in [2.75, 3.05) is 6.54 Å². The Balaban J connectivity index is 1.64. The Bertz CT molecular complexity index is 915. The molecule has 0 fully saturated rings. The number of fused-ring (bicyclic) bond motifs is 1. The van der Waals surface area contributed by atoms with E-state index in [9.17, 15) is 8.42 Å². The van der Waals surface area contributed by atoms with Gasteiger partial charge < -0.3 is 0 Å². The van der Waals surface area contributed by atoms with Crippen LogP contribution in [-0.2, 0) is 16.6 Å². The molecule has 2 aromatic heterocycles. The lowest BCUT2D eigenvalue weighted by Crippen LogP contribution is -2.26. The van der Waals surface area contributed by atoms with Crippen LogP contribution in [0.25, 0.3) is 11.0 Å². The lowest BCUT2D eigenvalue weighted by Gasteiger charge is -2.07. The van der Waals surface area contributed by atoms with Gasteiger partial charge in [-0.3, -0.25) is 4.68 Å². The van der Waals surface area contributed by atoms with Crippen LogP contribution in [0.4, 0.5) is 0 Å². The third-order valence-electron chi connectivity index (χ3n) is 3.28. The average Bonchev–Trinajstić information content (AvgIpc) is 3.10. The van der Waals surface area contributed by atoms with E-state index in [1.807, 2.05) is 13.1 Å². The minimum atomic E-state index is -3.67. The molecule has 122 valence electrons. The van der Waals surface area contributed by atoms with Gasteiger partial charge in [-0.25, -0.2) is 17.8 Å². The summed E-state index contributed by atoms with van der Waals surface area (Å²) in [5, 5.41) is 11.6. The van der Waals surface area contributed by atoms with Crippen molar-refractivity contribution in [1.29, 1.82) is 0 Å². The van der Waals surface area contributed by atoms with Gasteiger partial charge in [0.25, 0.3) is 0 Å². The van der Waals surface area contributed by atoms with Crippen molar-refractivity contribution in [1.82, 2.24) is 24.8 Å². The zero-order chi connectivity index (χ0) is 16.4. The molecule has 0 saturated carbocycles. The smallest absolute Gasteiger partial charge is 0.242 e. The number of nitrogens with one attached hydrogen (secondary N) is 1. The molecular weight excluding hydrogens is 386 g/mol. The molecule has 3 rings (SSSR count). The highest BCUT2D eigenvalue weighted by atomic mass is 79.9. The van der Waals surface area contributed by atoms with Crippen LogP contribution in [0.3, 0.4) is 0 Å². The fraction of sp³-hybridized carbons (Fsp3) is 0.308. The van der Waals surface area contributed by atoms with Gasteiger partial charge in [-0.15, -0.1) is 0 Å². The minimum Gasteiger partial charge on any atom is -0.271 e. The van der Waals surface area contributed by atoms with Crippen LogP contribution >= 0.6 is 15.9 Å². The average molecular weight is 400 g/mol. The Morgan fingerprint density at radius 3 is 2.91 bits per heavy atom. The van der Waals surface area contributed by atoms with Crippen molar-refractivity contribution < 1.29 is 13.0 Å². The van der Waals surface area contributed by atoms with E-state index < -0.39 is 10.0 Å². The second-order valence-corrected chi connectivity index (χ2v) is 7.55. The Labute approximate surface area is 141 Å². The van der Waals surface area contributed by atoms with Crippen molar-refractivity contribution >= 4 is 37.0 Å². The SMILES string of the molecule is Cc1nn(CCCNS(=O)(=O)c2cccc3nonc23)cc1Br. The number of benzene rings is 1. The molecule has 0 aliphatic heterocycles. The minimum absolute atomic E-state index is 0.0638. The molecule has 0 radical (unpaired) electrons. The summed E-state index contributed by atoms with van der Waals surface area (Å²) in [6.07, 6.45) is 2.48. The Morgan fingerprint density at radius 2 is 2.17 bits per heavy atom. The molecule has 0 unspecified atom stereocenters. The molecule has 0 amide bonds. The third kappa shape index (κ3) is 3.43. The molecule has 0 bridgehead atoms. The molecule has 0 spiro atoms. The largest absolute Gasteiger partial charge is 0.271 e. The number of hydrogen-bond acceptors (Lipinski definition) is 6. The van der Waals surface area contributed by atoms with Gasteiger partial charge in [-0.05, 0) is 51.7 Å². The quantitative estimate of drug-likeness (QED) is 0.634. The van der Waals surface area contributed by atoms with Gasteiger partial charge in [0, 0.05) is 19.3 Å². The van der Waals surface area contributed by atoms with E-state index >= 15 is 0 Å². The number of rotatable bonds is 6. The predicted octanol–water partition coefficient (Wildman–Crippen LogP) is 1.86. The zero-order valence-electron chi connectivity index (χ0n) is 12.2. The highest BCUT2D eigenvalue weighted by molar-refractivity contribution is 9.10. The number of halogens is 1. The lowest BCUT2D eigenvalue weighted by molar-refractivity contribution is 0.315. The first kappa shape index (κ1) is 16.1. The summed E-state index contributed by atoms with van der Waals surface area (Å²) < 4.78 is 34.6. The standard InChI is InChI=1S/C13H14BrN5O3S/c1-9-10(14)8-19(16-9)7-3-6-15-23(20,21)12-5-2-4-11-13(12)18-22-17-11/h2,4-5,8,15H,3,6-7H2,1H3. The van der Waals surface area contributed by atoms with E-state index in [0.717, 1.165) is 10.2 Å². The monoisotopic (exact) mass is 399 g/mol. The summed E-state index contributed by atoms with van der Waals surface area (Å²) in [5.41, 5.74) is 1.53. The van der Waals surface area contributed by atoms with Crippen LogP contribution in [0.15, 0.2) is 38.4 Å². The van der Waals surface area contributed by atoms with Gasteiger partial charge in [0.05, 0.1) is 10.2 Å². The molecule has 23 heavy (non-hydrogen) atoms. The van der Waals surface area contributed by atoms with Crippen molar-refractivity contribution in [3.8, 4) is 0 Å². The molecule has 3 aromatic rings. The lowest BCUT2D eigenvalue weighted by atomic mass is 10.3. The first-order chi connectivity index (χ1) is 11.0. The maximum Gasteiger partial charge on any atom is 0.242 e. The van der Waals surface area contributed by atoms with Crippen molar-refractivity contribution in [2.24, 2.45) is 0 Å². The molecule has 10 heteroatoms. The number of nitrogens with zero attached hydrogens (tertiary/aromatic N) is 4. The second-order valence-electron chi connectivity index (χ2n) is 4.96. The molecule has 1 N–H and O–H groups in total. The topological polar surface area (TPSA) is 103 Å². The van der Waals surface area contributed by atoms with E-state index in [-0.39, 0.29) is 10.4 Å². The van der Waals surface area contributed by atoms with E-state index in [4.69, 9.17) is 0 Å². The molecule has 0 saturated heterocycles. The van der Waals surface area contributed by atoms with Crippen molar-refractivity contribution in [2.45, 2.75) is 24.8 Å². The fourth-order valence-corrected chi connectivity index (χ4v) is 3.67. The first-order valence-corrected chi connectivity index (χ1v) is 9.15. The number of sulfonamides is 1. The van der Waals surface area contributed by atoms with Crippen LogP contribution in [0.1, 0.15) is 12.1 Å². The Hall–Kier alpha value is -1.78. The summed E-state index contributed by atoms with van der Waals surface area (Å²) in [7, 11) is -3.67. The van der Waals surface area contributed by atoms with Gasteiger partial charge in [-0.2, -0.15) is 5.10 Å². The maximum atomic E-state index is 12.4. The zero-order valence-corrected chi connectivity index (χ0v) is 14.6. The highest BCUT2D eigenvalue weighted by Crippen LogP contribution is 2.19. The molecule has 2 heterocycles. The summed E-state index contributed by atoms with van der Waals surface area (Å²) in [4.78, 5) is 0.0638. The normalized spacial score (nSPS) is 12.1. The van der Waals surface area contributed by atoms with Crippen molar-refractivity contribution in [3.63, 3.8) is 0 Å². The molecule has 0 aliphatic rings. The van der Waals surface area contributed by atoms with E-state index in [2.05, 4.69) is 40.7 Å². The number of hydrogen-bond donors (Lipinski definition) is 1. The fourth-order valence-electron chi connectivity index (χ4n) is 2.13. The van der Waals surface area contributed by atoms with Gasteiger partial charge in [0.2, 0.25) is 10.0 Å². The predicted molar refractivity (Wildman–Crippen MR) is 86.3 cm³/mol. The summed E-state index contributed by atoms with van der Waals surface area (Å²) in [6.45, 7) is 2.81. The number of aryl methyl sites for hydroxylation is 2. The molecule has 0 aliphatic carbocycles. The Kier molecular flexibility index (Phi) is 4.46. The van der Waals surface area contributed by atoms with Crippen molar-refractivity contribution in [3.05, 3.63) is 34.6 Å². The maximum absolute atomic E-state index is 12.4. The van der Waals surface area contributed by atoms with Crippen LogP contribution in [0.5, 0.6) is 0 Å². The highest BCUT2D eigenvalue weighted by Gasteiger charge is 2.19. The molecule has 8 nitrogen and oxygen atoms in total. The Morgan fingerprint density at radius 1 is 1.35 bits per heavy atom. The van der Waals surface area contributed by atoms with E-state index in [1.165, 1.54) is 6.07 Å². The second kappa shape index (κ2) is 6.38. The van der Waals surface area contributed by atoms with Crippen LogP contribution in [0.2, 0.25) is 0 Å². The van der Waals surface area contributed by atoms with E-state index in [0.29, 0.717) is 25.0 Å².